The van der Waals surface area contributed by atoms with Gasteiger partial charge in [0.15, 0.2) is 0 Å². The molecule has 1 saturated heterocycles. The van der Waals surface area contributed by atoms with Gasteiger partial charge in [0.1, 0.15) is 0 Å². The third-order valence-electron chi connectivity index (χ3n) is 3.61. The van der Waals surface area contributed by atoms with Crippen LogP contribution in [0.2, 0.25) is 5.02 Å². The van der Waals surface area contributed by atoms with Crippen molar-refractivity contribution in [3.05, 3.63) is 28.8 Å². The van der Waals surface area contributed by atoms with Crippen molar-refractivity contribution in [2.75, 3.05) is 32.7 Å². The summed E-state index contributed by atoms with van der Waals surface area (Å²) >= 11 is 6.01. The van der Waals surface area contributed by atoms with E-state index in [-0.39, 0.29) is 0 Å². The lowest BCUT2D eigenvalue weighted by atomic mass is 10.2. The quantitative estimate of drug-likeness (QED) is 0.857. The van der Waals surface area contributed by atoms with Gasteiger partial charge in [0.05, 0.1) is 4.90 Å². The zero-order valence-corrected chi connectivity index (χ0v) is 12.8. The minimum Gasteiger partial charge on any atom is -0.301 e. The van der Waals surface area contributed by atoms with Crippen molar-refractivity contribution in [2.24, 2.45) is 0 Å². The van der Waals surface area contributed by atoms with Gasteiger partial charge < -0.3 is 4.90 Å². The molecule has 1 aliphatic rings. The molecule has 0 unspecified atom stereocenters. The average molecular weight is 303 g/mol. The number of rotatable bonds is 3. The monoisotopic (exact) mass is 302 g/mol. The van der Waals surface area contributed by atoms with Gasteiger partial charge in [-0.05, 0) is 31.2 Å². The normalized spacial score (nSPS) is 18.7. The molecule has 0 radical (unpaired) electrons. The summed E-state index contributed by atoms with van der Waals surface area (Å²) in [6, 6.07) is 5.03. The molecule has 1 heterocycles. The predicted octanol–water partition coefficient (Wildman–Crippen LogP) is 1.97. The molecule has 1 aromatic carbocycles. The molecule has 2 rings (SSSR count). The number of halogens is 1. The highest BCUT2D eigenvalue weighted by atomic mass is 35.5. The van der Waals surface area contributed by atoms with Gasteiger partial charge in [0.25, 0.3) is 0 Å². The zero-order valence-electron chi connectivity index (χ0n) is 11.3. The molecule has 19 heavy (non-hydrogen) atoms. The van der Waals surface area contributed by atoms with E-state index in [1.807, 2.05) is 0 Å². The zero-order chi connectivity index (χ0) is 14.0. The van der Waals surface area contributed by atoms with Gasteiger partial charge in [-0.15, -0.1) is 0 Å². The van der Waals surface area contributed by atoms with Crippen LogP contribution in [-0.4, -0.2) is 50.3 Å². The Morgan fingerprint density at radius 2 is 1.84 bits per heavy atom. The van der Waals surface area contributed by atoms with Crippen LogP contribution in [0.4, 0.5) is 0 Å². The highest BCUT2D eigenvalue weighted by Crippen LogP contribution is 2.26. The van der Waals surface area contributed by atoms with Gasteiger partial charge in [-0.3, -0.25) is 0 Å². The SMILES string of the molecule is CCN1CCN(S(=O)(=O)c2cccc(Cl)c2C)CC1. The molecule has 0 aromatic heterocycles. The second kappa shape index (κ2) is 5.79. The number of sulfonamides is 1. The molecule has 4 nitrogen and oxygen atoms in total. The van der Waals surface area contributed by atoms with E-state index in [1.54, 1.807) is 29.4 Å². The first-order valence-corrected chi connectivity index (χ1v) is 8.26. The summed E-state index contributed by atoms with van der Waals surface area (Å²) in [5.74, 6) is 0. The molecule has 106 valence electrons. The molecule has 0 N–H and O–H groups in total. The summed E-state index contributed by atoms with van der Waals surface area (Å²) < 4.78 is 26.8. The molecule has 6 heteroatoms. The van der Waals surface area contributed by atoms with Gasteiger partial charge in [0, 0.05) is 31.2 Å². The fourth-order valence-electron chi connectivity index (χ4n) is 2.29. The molecule has 0 saturated carbocycles. The molecular weight excluding hydrogens is 284 g/mol. The minimum absolute atomic E-state index is 0.324. The van der Waals surface area contributed by atoms with Gasteiger partial charge in [-0.2, -0.15) is 4.31 Å². The Kier molecular flexibility index (Phi) is 4.50. The number of piperazine rings is 1. The number of hydrogen-bond acceptors (Lipinski definition) is 3. The van der Waals surface area contributed by atoms with Crippen LogP contribution < -0.4 is 0 Å². The van der Waals surface area contributed by atoms with Gasteiger partial charge in [0.2, 0.25) is 10.0 Å². The van der Waals surface area contributed by atoms with E-state index in [4.69, 9.17) is 11.6 Å². The third-order valence-corrected chi connectivity index (χ3v) is 6.07. The van der Waals surface area contributed by atoms with Crippen LogP contribution in [0.5, 0.6) is 0 Å². The molecule has 0 aliphatic carbocycles. The van der Waals surface area contributed by atoms with E-state index in [0.29, 0.717) is 28.6 Å². The predicted molar refractivity (Wildman–Crippen MR) is 77.1 cm³/mol. The fraction of sp³-hybridized carbons (Fsp3) is 0.538. The van der Waals surface area contributed by atoms with Crippen LogP contribution in [0.1, 0.15) is 12.5 Å². The Morgan fingerprint density at radius 1 is 1.21 bits per heavy atom. The molecule has 1 aromatic rings. The van der Waals surface area contributed by atoms with E-state index in [2.05, 4.69) is 11.8 Å². The van der Waals surface area contributed by atoms with Crippen molar-refractivity contribution in [3.8, 4) is 0 Å². The summed E-state index contributed by atoms with van der Waals surface area (Å²) in [6.45, 7) is 7.46. The van der Waals surface area contributed by atoms with Crippen molar-refractivity contribution in [2.45, 2.75) is 18.7 Å². The lowest BCUT2D eigenvalue weighted by molar-refractivity contribution is 0.196. The van der Waals surface area contributed by atoms with Crippen molar-refractivity contribution in [3.63, 3.8) is 0 Å². The number of likely N-dealkylation sites (N-methyl/N-ethyl adjacent to an activating group) is 1. The van der Waals surface area contributed by atoms with E-state index < -0.39 is 10.0 Å². The summed E-state index contributed by atoms with van der Waals surface area (Å²) in [6.07, 6.45) is 0. The minimum atomic E-state index is -3.42. The van der Waals surface area contributed by atoms with Crippen LogP contribution in [0.25, 0.3) is 0 Å². The molecule has 0 bridgehead atoms. The standard InChI is InChI=1S/C13H19ClN2O2S/c1-3-15-7-9-16(10-8-15)19(17,18)13-6-4-5-12(14)11(13)2/h4-6H,3,7-10H2,1-2H3. The summed E-state index contributed by atoms with van der Waals surface area (Å²) in [5, 5.41) is 0.494. The Bertz CT molecular complexity index is 552. The second-order valence-corrected chi connectivity index (χ2v) is 7.01. The largest absolute Gasteiger partial charge is 0.301 e. The maximum Gasteiger partial charge on any atom is 0.243 e. The third kappa shape index (κ3) is 2.94. The Morgan fingerprint density at radius 3 is 2.42 bits per heavy atom. The van der Waals surface area contributed by atoms with Crippen molar-refractivity contribution < 1.29 is 8.42 Å². The van der Waals surface area contributed by atoms with Crippen molar-refractivity contribution in [1.29, 1.82) is 0 Å². The Labute approximate surface area is 120 Å². The maximum atomic E-state index is 12.6. The Balaban J connectivity index is 2.26. The highest BCUT2D eigenvalue weighted by molar-refractivity contribution is 7.89. The van der Waals surface area contributed by atoms with Gasteiger partial charge in [-0.1, -0.05) is 24.6 Å². The van der Waals surface area contributed by atoms with E-state index in [1.165, 1.54) is 0 Å². The molecule has 0 amide bonds. The molecule has 1 fully saturated rings. The van der Waals surface area contributed by atoms with E-state index in [0.717, 1.165) is 19.6 Å². The van der Waals surface area contributed by atoms with Gasteiger partial charge >= 0.3 is 0 Å². The van der Waals surface area contributed by atoms with Crippen LogP contribution >= 0.6 is 11.6 Å². The molecule has 0 atom stereocenters. The first-order chi connectivity index (χ1) is 8.96. The van der Waals surface area contributed by atoms with Crippen LogP contribution in [0.15, 0.2) is 23.1 Å². The summed E-state index contributed by atoms with van der Waals surface area (Å²) in [7, 11) is -3.42. The molecule has 1 aliphatic heterocycles. The second-order valence-electron chi connectivity index (χ2n) is 4.70. The molecule has 0 spiro atoms. The molecular formula is C13H19ClN2O2S. The topological polar surface area (TPSA) is 40.6 Å². The van der Waals surface area contributed by atoms with Crippen LogP contribution in [-0.2, 0) is 10.0 Å². The van der Waals surface area contributed by atoms with Gasteiger partial charge in [-0.25, -0.2) is 8.42 Å². The first-order valence-electron chi connectivity index (χ1n) is 6.44. The first kappa shape index (κ1) is 14.8. The lowest BCUT2D eigenvalue weighted by Gasteiger charge is -2.33. The highest BCUT2D eigenvalue weighted by Gasteiger charge is 2.29. The fourth-order valence-corrected chi connectivity index (χ4v) is 4.19. The number of hydrogen-bond donors (Lipinski definition) is 0. The smallest absolute Gasteiger partial charge is 0.243 e. The van der Waals surface area contributed by atoms with Crippen LogP contribution in [0.3, 0.4) is 0 Å². The summed E-state index contributed by atoms with van der Waals surface area (Å²) in [5.41, 5.74) is 0.627. The van der Waals surface area contributed by atoms with E-state index in [9.17, 15) is 8.42 Å². The average Bonchev–Trinajstić information content (AvgIpc) is 2.41. The lowest BCUT2D eigenvalue weighted by Crippen LogP contribution is -2.48. The summed E-state index contributed by atoms with van der Waals surface area (Å²) in [4.78, 5) is 2.57. The van der Waals surface area contributed by atoms with Crippen molar-refractivity contribution >= 4 is 21.6 Å². The number of nitrogens with zero attached hydrogens (tertiary/aromatic N) is 2. The van der Waals surface area contributed by atoms with Crippen molar-refractivity contribution in [1.82, 2.24) is 9.21 Å². The Hall–Kier alpha value is -0.620. The van der Waals surface area contributed by atoms with Crippen LogP contribution in [0, 0.1) is 6.92 Å². The van der Waals surface area contributed by atoms with E-state index >= 15 is 0 Å². The maximum absolute atomic E-state index is 12.6. The number of benzene rings is 1.